The highest BCUT2D eigenvalue weighted by atomic mass is 35.5. The van der Waals surface area contributed by atoms with Gasteiger partial charge in [0.25, 0.3) is 0 Å². The van der Waals surface area contributed by atoms with Crippen LogP contribution >= 0.6 is 11.6 Å². The summed E-state index contributed by atoms with van der Waals surface area (Å²) in [6.07, 6.45) is 0. The molecule has 1 aromatic rings. The second-order valence-corrected chi connectivity index (χ2v) is 4.81. The lowest BCUT2D eigenvalue weighted by Gasteiger charge is -2.22. The van der Waals surface area contributed by atoms with Crippen molar-refractivity contribution >= 4 is 11.6 Å². The van der Waals surface area contributed by atoms with Gasteiger partial charge >= 0.3 is 0 Å². The minimum atomic E-state index is -0.164. The molecule has 2 N–H and O–H groups in total. The van der Waals surface area contributed by atoms with Gasteiger partial charge in [0.05, 0.1) is 19.8 Å². The summed E-state index contributed by atoms with van der Waals surface area (Å²) >= 11 is 6.12. The number of hydrogen-bond acceptors (Lipinski definition) is 3. The van der Waals surface area contributed by atoms with E-state index in [-0.39, 0.29) is 18.7 Å². The standard InChI is InChI=1S/C13H20ClNO2/c1-8(2)15-12(7-16)10-6-11(14)9(3)5-13(10)17-4/h5-6,8,12,15-16H,7H2,1-4H3. The molecule has 0 aliphatic rings. The van der Waals surface area contributed by atoms with E-state index in [1.165, 1.54) is 0 Å². The Balaban J connectivity index is 3.12. The van der Waals surface area contributed by atoms with Gasteiger partial charge in [-0.25, -0.2) is 0 Å². The van der Waals surface area contributed by atoms with E-state index in [0.717, 1.165) is 16.9 Å². The number of halogens is 1. The van der Waals surface area contributed by atoms with Crippen LogP contribution in [0, 0.1) is 6.92 Å². The van der Waals surface area contributed by atoms with Crippen LogP contribution in [0.1, 0.15) is 31.0 Å². The summed E-state index contributed by atoms with van der Waals surface area (Å²) in [5, 5.41) is 13.4. The van der Waals surface area contributed by atoms with Crippen LogP contribution in [0.2, 0.25) is 5.02 Å². The van der Waals surface area contributed by atoms with Crippen molar-refractivity contribution in [3.63, 3.8) is 0 Å². The summed E-state index contributed by atoms with van der Waals surface area (Å²) < 4.78 is 5.34. The molecule has 0 aliphatic heterocycles. The predicted molar refractivity (Wildman–Crippen MR) is 70.8 cm³/mol. The molecule has 0 fully saturated rings. The quantitative estimate of drug-likeness (QED) is 0.852. The minimum absolute atomic E-state index is 0.00787. The summed E-state index contributed by atoms with van der Waals surface area (Å²) in [5.41, 5.74) is 1.85. The fraction of sp³-hybridized carbons (Fsp3) is 0.538. The number of ether oxygens (including phenoxy) is 1. The molecule has 0 radical (unpaired) electrons. The molecule has 1 aromatic carbocycles. The maximum atomic E-state index is 9.45. The third-order valence-electron chi connectivity index (χ3n) is 2.60. The molecule has 3 nitrogen and oxygen atoms in total. The van der Waals surface area contributed by atoms with Crippen LogP contribution in [-0.2, 0) is 0 Å². The Morgan fingerprint density at radius 2 is 2.06 bits per heavy atom. The molecule has 0 saturated carbocycles. The highest BCUT2D eigenvalue weighted by Crippen LogP contribution is 2.31. The Labute approximate surface area is 108 Å². The molecule has 1 atom stereocenters. The minimum Gasteiger partial charge on any atom is -0.496 e. The van der Waals surface area contributed by atoms with E-state index in [1.807, 2.05) is 32.9 Å². The number of rotatable bonds is 5. The van der Waals surface area contributed by atoms with Crippen molar-refractivity contribution in [3.05, 3.63) is 28.3 Å². The lowest BCUT2D eigenvalue weighted by atomic mass is 10.0. The Hall–Kier alpha value is -0.770. The van der Waals surface area contributed by atoms with E-state index in [1.54, 1.807) is 7.11 Å². The van der Waals surface area contributed by atoms with Crippen molar-refractivity contribution in [2.24, 2.45) is 0 Å². The lowest BCUT2D eigenvalue weighted by Crippen LogP contribution is -2.30. The van der Waals surface area contributed by atoms with Crippen molar-refractivity contribution in [1.29, 1.82) is 0 Å². The van der Waals surface area contributed by atoms with Crippen LogP contribution in [0.15, 0.2) is 12.1 Å². The molecular formula is C13H20ClNO2. The number of aliphatic hydroxyl groups is 1. The van der Waals surface area contributed by atoms with E-state index < -0.39 is 0 Å². The van der Waals surface area contributed by atoms with Crippen LogP contribution in [-0.4, -0.2) is 24.9 Å². The Bertz CT molecular complexity index is 380. The van der Waals surface area contributed by atoms with Crippen LogP contribution < -0.4 is 10.1 Å². The Morgan fingerprint density at radius 3 is 2.53 bits per heavy atom. The fourth-order valence-corrected chi connectivity index (χ4v) is 1.93. The highest BCUT2D eigenvalue weighted by molar-refractivity contribution is 6.31. The number of nitrogens with one attached hydrogen (secondary N) is 1. The zero-order valence-corrected chi connectivity index (χ0v) is 11.5. The molecule has 0 aromatic heterocycles. The van der Waals surface area contributed by atoms with Gasteiger partial charge in [0.1, 0.15) is 5.75 Å². The van der Waals surface area contributed by atoms with E-state index in [4.69, 9.17) is 16.3 Å². The van der Waals surface area contributed by atoms with Gasteiger partial charge in [-0.15, -0.1) is 0 Å². The second kappa shape index (κ2) is 6.24. The largest absolute Gasteiger partial charge is 0.496 e. The van der Waals surface area contributed by atoms with Gasteiger partial charge < -0.3 is 15.2 Å². The molecule has 96 valence electrons. The molecule has 0 heterocycles. The summed E-state index contributed by atoms with van der Waals surface area (Å²) in [6, 6.07) is 3.86. The zero-order chi connectivity index (χ0) is 13.0. The van der Waals surface area contributed by atoms with Crippen molar-refractivity contribution in [3.8, 4) is 5.75 Å². The molecule has 0 amide bonds. The fourth-order valence-electron chi connectivity index (χ4n) is 1.76. The van der Waals surface area contributed by atoms with Gasteiger partial charge in [0.15, 0.2) is 0 Å². The van der Waals surface area contributed by atoms with Crippen molar-refractivity contribution < 1.29 is 9.84 Å². The molecule has 17 heavy (non-hydrogen) atoms. The maximum Gasteiger partial charge on any atom is 0.124 e. The van der Waals surface area contributed by atoms with Crippen molar-refractivity contribution in [2.75, 3.05) is 13.7 Å². The van der Waals surface area contributed by atoms with Crippen molar-refractivity contribution in [2.45, 2.75) is 32.9 Å². The average Bonchev–Trinajstić information content (AvgIpc) is 2.28. The normalized spacial score (nSPS) is 12.9. The maximum absolute atomic E-state index is 9.45. The summed E-state index contributed by atoms with van der Waals surface area (Å²) in [5.74, 6) is 0.749. The molecular weight excluding hydrogens is 238 g/mol. The predicted octanol–water partition coefficient (Wildman–Crippen LogP) is 2.69. The Morgan fingerprint density at radius 1 is 1.41 bits per heavy atom. The smallest absolute Gasteiger partial charge is 0.124 e. The molecule has 0 aliphatic carbocycles. The molecule has 0 bridgehead atoms. The van der Waals surface area contributed by atoms with E-state index in [2.05, 4.69) is 5.32 Å². The van der Waals surface area contributed by atoms with Gasteiger partial charge in [0, 0.05) is 16.6 Å². The summed E-state index contributed by atoms with van der Waals surface area (Å²) in [6.45, 7) is 6.00. The SMILES string of the molecule is COc1cc(C)c(Cl)cc1C(CO)NC(C)C. The third-order valence-corrected chi connectivity index (χ3v) is 3.01. The third kappa shape index (κ3) is 3.60. The number of hydrogen-bond donors (Lipinski definition) is 2. The number of benzene rings is 1. The first kappa shape index (κ1) is 14.3. The highest BCUT2D eigenvalue weighted by Gasteiger charge is 2.17. The van der Waals surface area contributed by atoms with Crippen LogP contribution in [0.5, 0.6) is 5.75 Å². The van der Waals surface area contributed by atoms with E-state index >= 15 is 0 Å². The van der Waals surface area contributed by atoms with Crippen LogP contribution in [0.25, 0.3) is 0 Å². The molecule has 1 rings (SSSR count). The monoisotopic (exact) mass is 257 g/mol. The average molecular weight is 258 g/mol. The summed E-state index contributed by atoms with van der Waals surface area (Å²) in [4.78, 5) is 0. The lowest BCUT2D eigenvalue weighted by molar-refractivity contribution is 0.234. The molecule has 0 saturated heterocycles. The molecule has 1 unspecified atom stereocenters. The first-order valence-electron chi connectivity index (χ1n) is 5.70. The van der Waals surface area contributed by atoms with Crippen LogP contribution in [0.4, 0.5) is 0 Å². The van der Waals surface area contributed by atoms with Gasteiger partial charge in [-0.2, -0.15) is 0 Å². The molecule has 0 spiro atoms. The van der Waals surface area contributed by atoms with Gasteiger partial charge in [-0.1, -0.05) is 25.4 Å². The first-order valence-corrected chi connectivity index (χ1v) is 6.08. The van der Waals surface area contributed by atoms with Crippen LogP contribution in [0.3, 0.4) is 0 Å². The number of methoxy groups -OCH3 is 1. The van der Waals surface area contributed by atoms with Crippen molar-refractivity contribution in [1.82, 2.24) is 5.32 Å². The van der Waals surface area contributed by atoms with E-state index in [0.29, 0.717) is 5.02 Å². The number of aryl methyl sites for hydroxylation is 1. The number of aliphatic hydroxyl groups excluding tert-OH is 1. The first-order chi connectivity index (χ1) is 7.99. The zero-order valence-electron chi connectivity index (χ0n) is 10.7. The summed E-state index contributed by atoms with van der Waals surface area (Å²) in [7, 11) is 1.62. The topological polar surface area (TPSA) is 41.5 Å². The second-order valence-electron chi connectivity index (χ2n) is 4.40. The Kier molecular flexibility index (Phi) is 5.25. The molecule has 4 heteroatoms. The van der Waals surface area contributed by atoms with Gasteiger partial charge in [0.2, 0.25) is 0 Å². The van der Waals surface area contributed by atoms with Gasteiger partial charge in [-0.3, -0.25) is 0 Å². The van der Waals surface area contributed by atoms with E-state index in [9.17, 15) is 5.11 Å². The van der Waals surface area contributed by atoms with Gasteiger partial charge in [-0.05, 0) is 24.6 Å².